The third-order valence-electron chi connectivity index (χ3n) is 3.29. The largest absolute Gasteiger partial charge is 0.395 e. The first kappa shape index (κ1) is 14.9. The lowest BCUT2D eigenvalue weighted by atomic mass is 10.1. The van der Waals surface area contributed by atoms with Crippen molar-refractivity contribution in [3.8, 4) is 0 Å². The molecule has 0 saturated carbocycles. The maximum absolute atomic E-state index is 9.20. The highest BCUT2D eigenvalue weighted by molar-refractivity contribution is 5.46. The number of anilines is 1. The molecule has 0 fully saturated rings. The number of aromatic nitrogens is 1. The van der Waals surface area contributed by atoms with Crippen LogP contribution in [0, 0.1) is 0 Å². The van der Waals surface area contributed by atoms with Crippen LogP contribution in [0.5, 0.6) is 0 Å². The first-order valence-corrected chi connectivity index (χ1v) is 6.73. The number of hydrogen-bond acceptors (Lipinski definition) is 4. The fourth-order valence-electron chi connectivity index (χ4n) is 2.20. The summed E-state index contributed by atoms with van der Waals surface area (Å²) in [6, 6.07) is 4.41. The molecule has 3 N–H and O–H groups in total. The highest BCUT2D eigenvalue weighted by Crippen LogP contribution is 2.20. The molecule has 1 heterocycles. The molecule has 0 amide bonds. The second kappa shape index (κ2) is 7.34. The minimum Gasteiger partial charge on any atom is -0.395 e. The average molecular weight is 251 g/mol. The fraction of sp³-hybridized carbons (Fsp3) is 0.643. The highest BCUT2D eigenvalue weighted by Gasteiger charge is 2.15. The summed E-state index contributed by atoms with van der Waals surface area (Å²) in [5, 5.41) is 9.20. The molecule has 1 atom stereocenters. The lowest BCUT2D eigenvalue weighted by Crippen LogP contribution is -2.36. The summed E-state index contributed by atoms with van der Waals surface area (Å²) in [5.74, 6) is 0. The minimum absolute atomic E-state index is 0.0431. The number of aliphatic hydroxyl groups excluding tert-OH is 1. The van der Waals surface area contributed by atoms with E-state index in [1.165, 1.54) is 0 Å². The van der Waals surface area contributed by atoms with Crippen molar-refractivity contribution >= 4 is 5.69 Å². The smallest absolute Gasteiger partial charge is 0.0606 e. The quantitative estimate of drug-likeness (QED) is 0.779. The highest BCUT2D eigenvalue weighted by atomic mass is 16.3. The molecule has 0 aromatic carbocycles. The molecule has 0 aliphatic carbocycles. The van der Waals surface area contributed by atoms with E-state index in [2.05, 4.69) is 23.7 Å². The van der Waals surface area contributed by atoms with Gasteiger partial charge in [0, 0.05) is 18.6 Å². The number of nitrogens with zero attached hydrogens (tertiary/aromatic N) is 2. The van der Waals surface area contributed by atoms with Crippen molar-refractivity contribution in [1.29, 1.82) is 0 Å². The van der Waals surface area contributed by atoms with Crippen molar-refractivity contribution < 1.29 is 5.11 Å². The van der Waals surface area contributed by atoms with Crippen LogP contribution < -0.4 is 10.6 Å². The lowest BCUT2D eigenvalue weighted by molar-refractivity contribution is 0.296. The van der Waals surface area contributed by atoms with Crippen LogP contribution in [0.15, 0.2) is 18.3 Å². The van der Waals surface area contributed by atoms with Crippen LogP contribution in [-0.4, -0.2) is 29.3 Å². The van der Waals surface area contributed by atoms with Gasteiger partial charge in [-0.15, -0.1) is 0 Å². The molecule has 0 spiro atoms. The second-order valence-electron chi connectivity index (χ2n) is 4.62. The summed E-state index contributed by atoms with van der Waals surface area (Å²) in [6.07, 6.45) is 3.98. The molecule has 0 aliphatic heterocycles. The SMILES string of the molecule is CCC(CC)N(CCO)c1ccc([C@H](C)N)nc1. The number of hydrogen-bond donors (Lipinski definition) is 2. The third-order valence-corrected chi connectivity index (χ3v) is 3.29. The Morgan fingerprint density at radius 3 is 2.39 bits per heavy atom. The van der Waals surface area contributed by atoms with Crippen LogP contribution in [-0.2, 0) is 0 Å². The van der Waals surface area contributed by atoms with Gasteiger partial charge in [0.1, 0.15) is 0 Å². The Kier molecular flexibility index (Phi) is 6.09. The van der Waals surface area contributed by atoms with Gasteiger partial charge in [0.2, 0.25) is 0 Å². The molecular weight excluding hydrogens is 226 g/mol. The predicted octanol–water partition coefficient (Wildman–Crippen LogP) is 2.09. The van der Waals surface area contributed by atoms with E-state index in [1.54, 1.807) is 0 Å². The Hall–Kier alpha value is -1.13. The van der Waals surface area contributed by atoms with Crippen LogP contribution in [0.1, 0.15) is 45.3 Å². The second-order valence-corrected chi connectivity index (χ2v) is 4.62. The van der Waals surface area contributed by atoms with E-state index in [1.807, 2.05) is 25.3 Å². The molecule has 0 saturated heterocycles. The topological polar surface area (TPSA) is 62.4 Å². The Labute approximate surface area is 110 Å². The maximum Gasteiger partial charge on any atom is 0.0606 e. The Bertz CT molecular complexity index is 333. The zero-order chi connectivity index (χ0) is 13.5. The van der Waals surface area contributed by atoms with Crippen molar-refractivity contribution in [2.24, 2.45) is 5.73 Å². The number of nitrogens with two attached hydrogens (primary N) is 1. The predicted molar refractivity (Wildman–Crippen MR) is 75.6 cm³/mol. The van der Waals surface area contributed by atoms with E-state index in [0.717, 1.165) is 24.2 Å². The molecule has 4 nitrogen and oxygen atoms in total. The van der Waals surface area contributed by atoms with Crippen molar-refractivity contribution in [2.75, 3.05) is 18.1 Å². The molecule has 1 aromatic heterocycles. The molecule has 102 valence electrons. The van der Waals surface area contributed by atoms with E-state index in [0.29, 0.717) is 12.6 Å². The van der Waals surface area contributed by atoms with E-state index in [9.17, 15) is 5.11 Å². The first-order valence-electron chi connectivity index (χ1n) is 6.73. The number of pyridine rings is 1. The standard InChI is InChI=1S/C14H25N3O/c1-4-12(5-2)17(8-9-18)13-6-7-14(11(3)15)16-10-13/h6-7,10-12,18H,4-5,8-9,15H2,1-3H3/t11-/m0/s1. The van der Waals surface area contributed by atoms with Crippen molar-refractivity contribution in [2.45, 2.75) is 45.7 Å². The average Bonchev–Trinajstić information content (AvgIpc) is 2.39. The molecule has 0 aliphatic rings. The molecule has 4 heteroatoms. The fourth-order valence-corrected chi connectivity index (χ4v) is 2.20. The Morgan fingerprint density at radius 1 is 1.33 bits per heavy atom. The zero-order valence-electron chi connectivity index (χ0n) is 11.6. The summed E-state index contributed by atoms with van der Waals surface area (Å²) in [5.41, 5.74) is 7.75. The molecule has 0 radical (unpaired) electrons. The summed E-state index contributed by atoms with van der Waals surface area (Å²) < 4.78 is 0. The van der Waals surface area contributed by atoms with Crippen molar-refractivity contribution in [3.05, 3.63) is 24.0 Å². The van der Waals surface area contributed by atoms with Crippen LogP contribution in [0.2, 0.25) is 0 Å². The van der Waals surface area contributed by atoms with Gasteiger partial charge < -0.3 is 15.7 Å². The van der Waals surface area contributed by atoms with Gasteiger partial charge >= 0.3 is 0 Å². The van der Waals surface area contributed by atoms with E-state index in [4.69, 9.17) is 5.73 Å². The Balaban J connectivity index is 2.91. The van der Waals surface area contributed by atoms with Crippen LogP contribution >= 0.6 is 0 Å². The van der Waals surface area contributed by atoms with Gasteiger partial charge in [-0.05, 0) is 31.9 Å². The molecule has 0 unspecified atom stereocenters. The van der Waals surface area contributed by atoms with Crippen LogP contribution in [0.3, 0.4) is 0 Å². The van der Waals surface area contributed by atoms with Crippen LogP contribution in [0.25, 0.3) is 0 Å². The van der Waals surface area contributed by atoms with Gasteiger partial charge in [-0.1, -0.05) is 13.8 Å². The van der Waals surface area contributed by atoms with Crippen molar-refractivity contribution in [1.82, 2.24) is 4.98 Å². The van der Waals surface area contributed by atoms with Gasteiger partial charge in [0.15, 0.2) is 0 Å². The monoisotopic (exact) mass is 251 g/mol. The molecule has 0 bridgehead atoms. The van der Waals surface area contributed by atoms with E-state index in [-0.39, 0.29) is 12.6 Å². The van der Waals surface area contributed by atoms with Gasteiger partial charge in [-0.2, -0.15) is 0 Å². The summed E-state index contributed by atoms with van der Waals surface area (Å²) in [7, 11) is 0. The van der Waals surface area contributed by atoms with Gasteiger partial charge in [-0.25, -0.2) is 0 Å². The molecular formula is C14H25N3O. The lowest BCUT2D eigenvalue weighted by Gasteiger charge is -2.32. The van der Waals surface area contributed by atoms with Gasteiger partial charge in [0.05, 0.1) is 24.2 Å². The van der Waals surface area contributed by atoms with Gasteiger partial charge in [-0.3, -0.25) is 4.98 Å². The van der Waals surface area contributed by atoms with E-state index < -0.39 is 0 Å². The molecule has 1 rings (SSSR count). The molecule has 18 heavy (non-hydrogen) atoms. The number of aliphatic hydroxyl groups is 1. The van der Waals surface area contributed by atoms with Crippen LogP contribution in [0.4, 0.5) is 5.69 Å². The minimum atomic E-state index is -0.0431. The summed E-state index contributed by atoms with van der Waals surface area (Å²) >= 11 is 0. The first-order chi connectivity index (χ1) is 8.63. The summed E-state index contributed by atoms with van der Waals surface area (Å²) in [4.78, 5) is 6.60. The molecule has 1 aromatic rings. The third kappa shape index (κ3) is 3.68. The Morgan fingerprint density at radius 2 is 2.00 bits per heavy atom. The maximum atomic E-state index is 9.20. The number of rotatable bonds is 7. The zero-order valence-corrected chi connectivity index (χ0v) is 11.6. The summed E-state index contributed by atoms with van der Waals surface area (Å²) in [6.45, 7) is 7.07. The van der Waals surface area contributed by atoms with Gasteiger partial charge in [0.25, 0.3) is 0 Å². The van der Waals surface area contributed by atoms with Crippen molar-refractivity contribution in [3.63, 3.8) is 0 Å². The normalized spacial score (nSPS) is 12.8. The van der Waals surface area contributed by atoms with E-state index >= 15 is 0 Å².